The summed E-state index contributed by atoms with van der Waals surface area (Å²) in [6, 6.07) is 9.25. The molecule has 0 saturated heterocycles. The van der Waals surface area contributed by atoms with E-state index in [1.165, 1.54) is 0 Å². The van der Waals surface area contributed by atoms with E-state index in [1.54, 1.807) is 12.3 Å². The van der Waals surface area contributed by atoms with Crippen LogP contribution in [-0.2, 0) is 6.61 Å². The molecule has 0 saturated carbocycles. The normalized spacial score (nSPS) is 10.1. The maximum Gasteiger partial charge on any atom is 0.220 e. The molecular formula is C13H15N3O2. The molecule has 18 heavy (non-hydrogen) atoms. The summed E-state index contributed by atoms with van der Waals surface area (Å²) in [5, 5.41) is 0. The zero-order valence-electron chi connectivity index (χ0n) is 10.2. The molecule has 5 heteroatoms. The minimum absolute atomic E-state index is 0.249. The highest BCUT2D eigenvalue weighted by Gasteiger charge is 2.00. The Labute approximate surface area is 106 Å². The number of anilines is 1. The molecule has 0 bridgehead atoms. The fourth-order valence-electron chi connectivity index (χ4n) is 1.47. The maximum absolute atomic E-state index is 5.61. The van der Waals surface area contributed by atoms with Gasteiger partial charge in [0.05, 0.1) is 12.3 Å². The van der Waals surface area contributed by atoms with Gasteiger partial charge >= 0.3 is 0 Å². The van der Waals surface area contributed by atoms with Crippen LogP contribution in [0.4, 0.5) is 5.95 Å². The average Bonchev–Trinajstić information content (AvgIpc) is 2.37. The van der Waals surface area contributed by atoms with Gasteiger partial charge in [0.15, 0.2) is 0 Å². The van der Waals surface area contributed by atoms with E-state index in [9.17, 15) is 0 Å². The molecule has 1 aromatic heterocycles. The molecule has 2 aromatic rings. The SMILES string of the molecule is CCOc1cccc(OCc2ccnc(N)n2)c1. The van der Waals surface area contributed by atoms with Gasteiger partial charge in [0.25, 0.3) is 0 Å². The molecule has 2 rings (SSSR count). The van der Waals surface area contributed by atoms with E-state index in [0.717, 1.165) is 17.2 Å². The van der Waals surface area contributed by atoms with Gasteiger partial charge in [-0.2, -0.15) is 0 Å². The topological polar surface area (TPSA) is 70.3 Å². The lowest BCUT2D eigenvalue weighted by Crippen LogP contribution is -2.02. The molecule has 2 N–H and O–H groups in total. The summed E-state index contributed by atoms with van der Waals surface area (Å²) in [6.45, 7) is 2.92. The van der Waals surface area contributed by atoms with Crippen LogP contribution >= 0.6 is 0 Å². The highest BCUT2D eigenvalue weighted by atomic mass is 16.5. The van der Waals surface area contributed by atoms with E-state index in [4.69, 9.17) is 15.2 Å². The molecule has 94 valence electrons. The summed E-state index contributed by atoms with van der Waals surface area (Å²) in [4.78, 5) is 7.88. The Hall–Kier alpha value is -2.30. The van der Waals surface area contributed by atoms with Gasteiger partial charge in [0.1, 0.15) is 18.1 Å². The Morgan fingerprint density at radius 2 is 1.94 bits per heavy atom. The minimum atomic E-state index is 0.249. The van der Waals surface area contributed by atoms with E-state index in [2.05, 4.69) is 9.97 Å². The number of nitrogens with zero attached hydrogens (tertiary/aromatic N) is 2. The van der Waals surface area contributed by atoms with Crippen molar-refractivity contribution in [2.24, 2.45) is 0 Å². The van der Waals surface area contributed by atoms with Crippen LogP contribution in [0.25, 0.3) is 0 Å². The number of nitrogens with two attached hydrogens (primary N) is 1. The molecular weight excluding hydrogens is 230 g/mol. The van der Waals surface area contributed by atoms with Gasteiger partial charge in [-0.25, -0.2) is 9.97 Å². The molecule has 0 spiro atoms. The van der Waals surface area contributed by atoms with Crippen LogP contribution in [0.1, 0.15) is 12.6 Å². The first-order chi connectivity index (χ1) is 8.78. The molecule has 0 fully saturated rings. The van der Waals surface area contributed by atoms with E-state index in [-0.39, 0.29) is 5.95 Å². The number of hydrogen-bond acceptors (Lipinski definition) is 5. The third kappa shape index (κ3) is 3.35. The summed E-state index contributed by atoms with van der Waals surface area (Å²) in [7, 11) is 0. The van der Waals surface area contributed by atoms with Gasteiger partial charge in [-0.05, 0) is 25.1 Å². The van der Waals surface area contributed by atoms with Crippen LogP contribution in [0, 0.1) is 0 Å². The first kappa shape index (κ1) is 12.2. The summed E-state index contributed by atoms with van der Waals surface area (Å²) in [5.74, 6) is 1.77. The van der Waals surface area contributed by atoms with Crippen molar-refractivity contribution in [3.8, 4) is 11.5 Å². The van der Waals surface area contributed by atoms with E-state index in [1.807, 2.05) is 31.2 Å². The Balaban J connectivity index is 1.99. The number of benzene rings is 1. The van der Waals surface area contributed by atoms with Gasteiger partial charge in [0, 0.05) is 12.3 Å². The molecule has 0 atom stereocenters. The third-order valence-electron chi connectivity index (χ3n) is 2.24. The molecule has 1 heterocycles. The van der Waals surface area contributed by atoms with Crippen molar-refractivity contribution in [3.63, 3.8) is 0 Å². The molecule has 1 aromatic carbocycles. The summed E-state index contributed by atoms with van der Waals surface area (Å²) in [6.07, 6.45) is 1.61. The number of rotatable bonds is 5. The summed E-state index contributed by atoms with van der Waals surface area (Å²) < 4.78 is 11.0. The summed E-state index contributed by atoms with van der Waals surface area (Å²) >= 11 is 0. The second-order valence-electron chi connectivity index (χ2n) is 3.60. The number of aromatic nitrogens is 2. The van der Waals surface area contributed by atoms with Crippen LogP contribution in [0.5, 0.6) is 11.5 Å². The van der Waals surface area contributed by atoms with Crippen molar-refractivity contribution < 1.29 is 9.47 Å². The van der Waals surface area contributed by atoms with E-state index >= 15 is 0 Å². The fraction of sp³-hybridized carbons (Fsp3) is 0.231. The largest absolute Gasteiger partial charge is 0.494 e. The lowest BCUT2D eigenvalue weighted by Gasteiger charge is -2.08. The standard InChI is InChI=1S/C13H15N3O2/c1-2-17-11-4-3-5-12(8-11)18-9-10-6-7-15-13(14)16-10/h3-8H,2,9H2,1H3,(H2,14,15,16). The van der Waals surface area contributed by atoms with Crippen molar-refractivity contribution in [3.05, 3.63) is 42.2 Å². The van der Waals surface area contributed by atoms with Crippen LogP contribution in [0.2, 0.25) is 0 Å². The van der Waals surface area contributed by atoms with Crippen molar-refractivity contribution >= 4 is 5.95 Å². The minimum Gasteiger partial charge on any atom is -0.494 e. The van der Waals surface area contributed by atoms with Crippen molar-refractivity contribution in [2.75, 3.05) is 12.3 Å². The molecule has 0 amide bonds. The van der Waals surface area contributed by atoms with Crippen molar-refractivity contribution in [2.45, 2.75) is 13.5 Å². The van der Waals surface area contributed by atoms with Gasteiger partial charge in [-0.1, -0.05) is 6.07 Å². The zero-order chi connectivity index (χ0) is 12.8. The van der Waals surface area contributed by atoms with Gasteiger partial charge < -0.3 is 15.2 Å². The van der Waals surface area contributed by atoms with E-state index in [0.29, 0.717) is 13.2 Å². The zero-order valence-corrected chi connectivity index (χ0v) is 10.2. The van der Waals surface area contributed by atoms with Crippen molar-refractivity contribution in [1.82, 2.24) is 9.97 Å². The Morgan fingerprint density at radius 3 is 2.67 bits per heavy atom. The first-order valence-corrected chi connectivity index (χ1v) is 5.71. The smallest absolute Gasteiger partial charge is 0.220 e. The first-order valence-electron chi connectivity index (χ1n) is 5.71. The quantitative estimate of drug-likeness (QED) is 0.872. The van der Waals surface area contributed by atoms with Crippen LogP contribution in [0.3, 0.4) is 0 Å². The molecule has 0 aliphatic rings. The summed E-state index contributed by atoms with van der Waals surface area (Å²) in [5.41, 5.74) is 6.23. The van der Waals surface area contributed by atoms with Crippen LogP contribution < -0.4 is 15.2 Å². The maximum atomic E-state index is 5.61. The Morgan fingerprint density at radius 1 is 1.17 bits per heavy atom. The van der Waals surface area contributed by atoms with Gasteiger partial charge in [0.2, 0.25) is 5.95 Å². The predicted molar refractivity (Wildman–Crippen MR) is 68.4 cm³/mol. The lowest BCUT2D eigenvalue weighted by molar-refractivity contribution is 0.295. The molecule has 0 aliphatic heterocycles. The Kier molecular flexibility index (Phi) is 3.96. The average molecular weight is 245 g/mol. The number of ether oxygens (including phenoxy) is 2. The van der Waals surface area contributed by atoms with Gasteiger partial charge in [-0.3, -0.25) is 0 Å². The molecule has 5 nitrogen and oxygen atoms in total. The number of nitrogen functional groups attached to an aromatic ring is 1. The van der Waals surface area contributed by atoms with Crippen LogP contribution in [-0.4, -0.2) is 16.6 Å². The van der Waals surface area contributed by atoms with Crippen LogP contribution in [0.15, 0.2) is 36.5 Å². The molecule has 0 radical (unpaired) electrons. The monoisotopic (exact) mass is 245 g/mol. The fourth-order valence-corrected chi connectivity index (χ4v) is 1.47. The van der Waals surface area contributed by atoms with E-state index < -0.39 is 0 Å². The van der Waals surface area contributed by atoms with Crippen molar-refractivity contribution in [1.29, 1.82) is 0 Å². The lowest BCUT2D eigenvalue weighted by atomic mass is 10.3. The highest BCUT2D eigenvalue weighted by molar-refractivity contribution is 5.33. The second-order valence-corrected chi connectivity index (χ2v) is 3.60. The number of hydrogen-bond donors (Lipinski definition) is 1. The molecule has 0 unspecified atom stereocenters. The third-order valence-corrected chi connectivity index (χ3v) is 2.24. The molecule has 0 aliphatic carbocycles. The predicted octanol–water partition coefficient (Wildman–Crippen LogP) is 2.04. The van der Waals surface area contributed by atoms with Gasteiger partial charge in [-0.15, -0.1) is 0 Å². The highest BCUT2D eigenvalue weighted by Crippen LogP contribution is 2.20. The Bertz CT molecular complexity index is 517. The second kappa shape index (κ2) is 5.86.